The number of hydrogen-bond donors (Lipinski definition) is 1. The lowest BCUT2D eigenvalue weighted by Crippen LogP contribution is -2.19. The summed E-state index contributed by atoms with van der Waals surface area (Å²) in [4.78, 5) is 23.8. The minimum Gasteiger partial charge on any atom is -0.469 e. The molecule has 0 saturated carbocycles. The highest BCUT2D eigenvalue weighted by molar-refractivity contribution is 5.72. The van der Waals surface area contributed by atoms with Gasteiger partial charge in [0.05, 0.1) is 19.2 Å². The average Bonchev–Trinajstić information content (AvgIpc) is 2.20. The van der Waals surface area contributed by atoms with Crippen molar-refractivity contribution in [1.29, 1.82) is 0 Å². The lowest BCUT2D eigenvalue weighted by Gasteiger charge is -2.07. The summed E-state index contributed by atoms with van der Waals surface area (Å²) < 4.78 is 41.8. The van der Waals surface area contributed by atoms with E-state index in [0.717, 1.165) is 7.11 Å². The Labute approximate surface area is 88.0 Å². The first-order chi connectivity index (χ1) is 7.45. The predicted molar refractivity (Wildman–Crippen MR) is 47.7 cm³/mol. The summed E-state index contributed by atoms with van der Waals surface area (Å²) in [6.07, 6.45) is -3.69. The smallest absolute Gasteiger partial charge is 0.310 e. The number of methoxy groups -OCH3 is 1. The van der Waals surface area contributed by atoms with Crippen molar-refractivity contribution in [2.24, 2.45) is 0 Å². The second kappa shape index (κ2) is 4.82. The van der Waals surface area contributed by atoms with E-state index in [1.807, 2.05) is 0 Å². The molecule has 1 aromatic heterocycles. The van der Waals surface area contributed by atoms with Crippen LogP contribution in [-0.4, -0.2) is 18.1 Å². The minimum absolute atomic E-state index is 0.483. The number of aromatic nitrogens is 1. The van der Waals surface area contributed by atoms with Crippen molar-refractivity contribution < 1.29 is 22.7 Å². The summed E-state index contributed by atoms with van der Waals surface area (Å²) in [5, 5.41) is 0. The third-order valence-electron chi connectivity index (χ3n) is 1.90. The van der Waals surface area contributed by atoms with Crippen molar-refractivity contribution >= 4 is 5.97 Å². The van der Waals surface area contributed by atoms with Gasteiger partial charge in [0, 0.05) is 11.6 Å². The van der Waals surface area contributed by atoms with Crippen LogP contribution in [0.5, 0.6) is 0 Å². The number of pyridine rings is 1. The van der Waals surface area contributed by atoms with Crippen molar-refractivity contribution in [3.8, 4) is 0 Å². The van der Waals surface area contributed by atoms with Gasteiger partial charge in [-0.2, -0.15) is 4.39 Å². The van der Waals surface area contributed by atoms with E-state index in [9.17, 15) is 22.8 Å². The number of aromatic amines is 1. The van der Waals surface area contributed by atoms with Gasteiger partial charge >= 0.3 is 5.97 Å². The topological polar surface area (TPSA) is 59.2 Å². The molecule has 0 atom stereocenters. The fraction of sp³-hybridized carbons (Fsp3) is 0.333. The zero-order chi connectivity index (χ0) is 12.3. The number of alkyl halides is 2. The number of H-pyrrole nitrogens is 1. The van der Waals surface area contributed by atoms with Crippen LogP contribution < -0.4 is 5.43 Å². The first-order valence-electron chi connectivity index (χ1n) is 4.22. The largest absolute Gasteiger partial charge is 0.469 e. The van der Waals surface area contributed by atoms with Crippen molar-refractivity contribution in [2.75, 3.05) is 7.11 Å². The van der Waals surface area contributed by atoms with Crippen molar-refractivity contribution in [1.82, 2.24) is 4.98 Å². The van der Waals surface area contributed by atoms with Gasteiger partial charge in [0.15, 0.2) is 11.4 Å². The van der Waals surface area contributed by atoms with Gasteiger partial charge in [-0.25, -0.2) is 8.78 Å². The van der Waals surface area contributed by atoms with Crippen LogP contribution in [0.3, 0.4) is 0 Å². The molecular weight excluding hydrogens is 227 g/mol. The molecule has 0 unspecified atom stereocenters. The van der Waals surface area contributed by atoms with Crippen LogP contribution in [0.2, 0.25) is 0 Å². The first kappa shape index (κ1) is 12.3. The Morgan fingerprint density at radius 1 is 1.56 bits per heavy atom. The van der Waals surface area contributed by atoms with Gasteiger partial charge in [-0.05, 0) is 0 Å². The maximum absolute atomic E-state index is 12.7. The quantitative estimate of drug-likeness (QED) is 0.631. The van der Waals surface area contributed by atoms with Crippen LogP contribution in [0.4, 0.5) is 13.2 Å². The second-order valence-corrected chi connectivity index (χ2v) is 2.93. The molecule has 0 aliphatic rings. The molecule has 0 spiro atoms. The fourth-order valence-electron chi connectivity index (χ4n) is 1.16. The Morgan fingerprint density at radius 3 is 2.69 bits per heavy atom. The van der Waals surface area contributed by atoms with Gasteiger partial charge < -0.3 is 9.72 Å². The molecule has 1 aromatic rings. The number of carbonyl (C=O) groups excluding carboxylic acids is 1. The Balaban J connectivity index is 3.24. The normalized spacial score (nSPS) is 10.6. The van der Waals surface area contributed by atoms with Gasteiger partial charge in [0.2, 0.25) is 0 Å². The molecular formula is C9H8F3NO3. The van der Waals surface area contributed by atoms with Crippen molar-refractivity contribution in [2.45, 2.75) is 12.8 Å². The molecule has 0 aliphatic heterocycles. The molecule has 0 fully saturated rings. The van der Waals surface area contributed by atoms with E-state index < -0.39 is 41.4 Å². The molecule has 1 rings (SSSR count). The molecule has 4 nitrogen and oxygen atoms in total. The van der Waals surface area contributed by atoms with Crippen molar-refractivity contribution in [3.63, 3.8) is 0 Å². The highest BCUT2D eigenvalue weighted by atomic mass is 19.3. The standard InChI is InChI=1S/C9H8F3NO3/c1-16-7(15)2-4-5(14)3-6(10)13-8(4)9(11)12/h3,9H,2H2,1H3,(H,13,14). The van der Waals surface area contributed by atoms with E-state index >= 15 is 0 Å². The van der Waals surface area contributed by atoms with Crippen LogP contribution in [0, 0.1) is 5.95 Å². The molecule has 0 radical (unpaired) electrons. The zero-order valence-corrected chi connectivity index (χ0v) is 8.22. The molecule has 1 heterocycles. The molecule has 0 saturated heterocycles. The monoisotopic (exact) mass is 235 g/mol. The maximum atomic E-state index is 12.7. The summed E-state index contributed by atoms with van der Waals surface area (Å²) in [5.74, 6) is -2.02. The first-order valence-corrected chi connectivity index (χ1v) is 4.22. The molecule has 0 amide bonds. The predicted octanol–water partition coefficient (Wildman–Crippen LogP) is 1.17. The van der Waals surface area contributed by atoms with Gasteiger partial charge in [0.1, 0.15) is 0 Å². The highest BCUT2D eigenvalue weighted by Gasteiger charge is 2.20. The number of esters is 1. The van der Waals surface area contributed by atoms with Crippen LogP contribution in [-0.2, 0) is 16.0 Å². The van der Waals surface area contributed by atoms with E-state index in [2.05, 4.69) is 4.74 Å². The Hall–Kier alpha value is -1.79. The summed E-state index contributed by atoms with van der Waals surface area (Å²) in [6.45, 7) is 0. The Morgan fingerprint density at radius 2 is 2.19 bits per heavy atom. The third kappa shape index (κ3) is 2.62. The van der Waals surface area contributed by atoms with E-state index in [1.165, 1.54) is 0 Å². The summed E-state index contributed by atoms with van der Waals surface area (Å²) >= 11 is 0. The van der Waals surface area contributed by atoms with Crippen LogP contribution >= 0.6 is 0 Å². The highest BCUT2D eigenvalue weighted by Crippen LogP contribution is 2.19. The fourth-order valence-corrected chi connectivity index (χ4v) is 1.16. The lowest BCUT2D eigenvalue weighted by atomic mass is 10.1. The number of rotatable bonds is 3. The number of ether oxygens (including phenoxy) is 1. The van der Waals surface area contributed by atoms with E-state index in [-0.39, 0.29) is 0 Å². The number of hydrogen-bond acceptors (Lipinski definition) is 3. The summed E-state index contributed by atoms with van der Waals surface area (Å²) in [7, 11) is 1.06. The summed E-state index contributed by atoms with van der Waals surface area (Å²) in [6, 6.07) is 0.504. The summed E-state index contributed by atoms with van der Waals surface area (Å²) in [5.41, 5.74) is -2.34. The molecule has 88 valence electrons. The third-order valence-corrected chi connectivity index (χ3v) is 1.90. The van der Waals surface area contributed by atoms with Crippen LogP contribution in [0.15, 0.2) is 10.9 Å². The lowest BCUT2D eigenvalue weighted by molar-refractivity contribution is -0.139. The maximum Gasteiger partial charge on any atom is 0.310 e. The average molecular weight is 235 g/mol. The van der Waals surface area contributed by atoms with Gasteiger partial charge in [0.25, 0.3) is 6.43 Å². The minimum atomic E-state index is -3.07. The molecule has 0 aliphatic carbocycles. The molecule has 0 bridgehead atoms. The number of halogens is 3. The van der Waals surface area contributed by atoms with Gasteiger partial charge in [-0.15, -0.1) is 0 Å². The van der Waals surface area contributed by atoms with E-state index in [1.54, 1.807) is 4.98 Å². The van der Waals surface area contributed by atoms with Gasteiger partial charge in [-0.1, -0.05) is 0 Å². The SMILES string of the molecule is COC(=O)Cc1c(C(F)F)[nH]c(F)cc1=O. The van der Waals surface area contributed by atoms with Gasteiger partial charge in [-0.3, -0.25) is 9.59 Å². The van der Waals surface area contributed by atoms with Crippen LogP contribution in [0.1, 0.15) is 17.7 Å². The van der Waals surface area contributed by atoms with Crippen molar-refractivity contribution in [3.05, 3.63) is 33.5 Å². The molecule has 1 N–H and O–H groups in total. The Kier molecular flexibility index (Phi) is 3.70. The zero-order valence-electron chi connectivity index (χ0n) is 8.22. The number of carbonyl (C=O) groups is 1. The molecule has 16 heavy (non-hydrogen) atoms. The second-order valence-electron chi connectivity index (χ2n) is 2.93. The molecule has 7 heteroatoms. The number of nitrogens with one attached hydrogen (secondary N) is 1. The molecule has 0 aromatic carbocycles. The van der Waals surface area contributed by atoms with E-state index in [4.69, 9.17) is 0 Å². The van der Waals surface area contributed by atoms with E-state index in [0.29, 0.717) is 6.07 Å². The Bertz CT molecular complexity index is 456. The van der Waals surface area contributed by atoms with Crippen LogP contribution in [0.25, 0.3) is 0 Å².